The monoisotopic (exact) mass is 438 g/mol. The van der Waals surface area contributed by atoms with Crippen molar-refractivity contribution in [3.63, 3.8) is 0 Å². The van der Waals surface area contributed by atoms with Crippen molar-refractivity contribution < 1.29 is 24.2 Å². The second kappa shape index (κ2) is 10.1. The summed E-state index contributed by atoms with van der Waals surface area (Å²) >= 11 is 0. The van der Waals surface area contributed by atoms with Crippen molar-refractivity contribution in [2.75, 3.05) is 32.1 Å². The number of carbonyl (C=O) groups is 3. The Morgan fingerprint density at radius 3 is 2.53 bits per heavy atom. The second-order valence-electron chi connectivity index (χ2n) is 7.71. The van der Waals surface area contributed by atoms with E-state index < -0.39 is 30.7 Å². The number of carboxylic acid groups (broad SMARTS) is 1. The predicted octanol–water partition coefficient (Wildman–Crippen LogP) is 2.03. The second-order valence-corrected chi connectivity index (χ2v) is 7.71. The molecule has 168 valence electrons. The number of alkyl carbamates (subject to hydrolysis) is 1. The Balaban J connectivity index is 1.92. The molecule has 0 bridgehead atoms. The van der Waals surface area contributed by atoms with Crippen molar-refractivity contribution in [2.45, 2.75) is 19.7 Å². The van der Waals surface area contributed by atoms with E-state index in [0.29, 0.717) is 23.5 Å². The number of carbonyl (C=O) groups excluding carboxylic acids is 2. The minimum atomic E-state index is -1.32. The fraction of sp³-hybridized carbons (Fsp3) is 0.304. The minimum absolute atomic E-state index is 0.0278. The molecule has 2 N–H and O–H groups in total. The van der Waals surface area contributed by atoms with Crippen LogP contribution in [0, 0.1) is 6.92 Å². The van der Waals surface area contributed by atoms with Crippen LogP contribution in [0.3, 0.4) is 0 Å². The number of rotatable bonds is 7. The summed E-state index contributed by atoms with van der Waals surface area (Å²) in [5, 5.41) is 11.9. The maximum absolute atomic E-state index is 13.3. The van der Waals surface area contributed by atoms with Gasteiger partial charge in [0.15, 0.2) is 0 Å². The maximum Gasteiger partial charge on any atom is 0.409 e. The van der Waals surface area contributed by atoms with E-state index in [0.717, 1.165) is 16.0 Å². The SMILES string of the molecule is Cc1cccc2c1N(CC(=O)O)C(=O)[C@@H](NC(=O)OCc1ccccc1)N=C2CN(C)C. The fourth-order valence-corrected chi connectivity index (χ4v) is 3.48. The highest BCUT2D eigenvalue weighted by atomic mass is 16.5. The fourth-order valence-electron chi connectivity index (χ4n) is 3.48. The van der Waals surface area contributed by atoms with Gasteiger partial charge in [0, 0.05) is 12.1 Å². The number of aryl methyl sites for hydroxylation is 1. The molecule has 0 aliphatic carbocycles. The third-order valence-electron chi connectivity index (χ3n) is 4.83. The molecule has 1 aliphatic rings. The summed E-state index contributed by atoms with van der Waals surface area (Å²) < 4.78 is 5.24. The topological polar surface area (TPSA) is 112 Å². The molecule has 9 heteroatoms. The van der Waals surface area contributed by atoms with Crippen molar-refractivity contribution >= 4 is 29.4 Å². The van der Waals surface area contributed by atoms with Crippen LogP contribution in [-0.2, 0) is 20.9 Å². The highest BCUT2D eigenvalue weighted by Gasteiger charge is 2.35. The molecule has 1 atom stereocenters. The first-order chi connectivity index (χ1) is 15.3. The number of aliphatic imine (C=N–C) groups is 1. The Morgan fingerprint density at radius 2 is 1.88 bits per heavy atom. The Hall–Kier alpha value is -3.72. The molecular weight excluding hydrogens is 412 g/mol. The van der Waals surface area contributed by atoms with Crippen molar-refractivity contribution in [1.82, 2.24) is 10.2 Å². The summed E-state index contributed by atoms with van der Waals surface area (Å²) in [6.45, 7) is 1.66. The van der Waals surface area contributed by atoms with E-state index in [9.17, 15) is 19.5 Å². The van der Waals surface area contributed by atoms with Crippen LogP contribution in [0.5, 0.6) is 0 Å². The number of likely N-dealkylation sites (N-methyl/N-ethyl adjacent to an activating group) is 1. The van der Waals surface area contributed by atoms with Gasteiger partial charge in [-0.3, -0.25) is 24.8 Å². The molecule has 2 aromatic carbocycles. The largest absolute Gasteiger partial charge is 0.480 e. The lowest BCUT2D eigenvalue weighted by molar-refractivity contribution is -0.136. The van der Waals surface area contributed by atoms with Gasteiger partial charge in [-0.15, -0.1) is 0 Å². The van der Waals surface area contributed by atoms with Gasteiger partial charge >= 0.3 is 12.1 Å². The third kappa shape index (κ3) is 5.50. The Labute approximate surface area is 186 Å². The van der Waals surface area contributed by atoms with Gasteiger partial charge in [-0.05, 0) is 32.1 Å². The van der Waals surface area contributed by atoms with E-state index in [4.69, 9.17) is 4.74 Å². The first-order valence-corrected chi connectivity index (χ1v) is 10.1. The molecule has 0 fully saturated rings. The lowest BCUT2D eigenvalue weighted by Crippen LogP contribution is -2.49. The van der Waals surface area contributed by atoms with Gasteiger partial charge < -0.3 is 14.7 Å². The molecule has 1 aliphatic heterocycles. The number of nitrogens with zero attached hydrogens (tertiary/aromatic N) is 3. The third-order valence-corrected chi connectivity index (χ3v) is 4.83. The highest BCUT2D eigenvalue weighted by molar-refractivity contribution is 6.15. The smallest absolute Gasteiger partial charge is 0.409 e. The van der Waals surface area contributed by atoms with Crippen molar-refractivity contribution in [2.24, 2.45) is 4.99 Å². The van der Waals surface area contributed by atoms with E-state index in [2.05, 4.69) is 10.3 Å². The molecular formula is C23H26N4O5. The molecule has 1 heterocycles. The number of para-hydroxylation sites is 1. The van der Waals surface area contributed by atoms with Crippen molar-refractivity contribution in [1.29, 1.82) is 0 Å². The zero-order valence-electron chi connectivity index (χ0n) is 18.2. The first kappa shape index (κ1) is 23.0. The van der Waals surface area contributed by atoms with Crippen molar-refractivity contribution in [3.8, 4) is 0 Å². The van der Waals surface area contributed by atoms with Gasteiger partial charge in [-0.1, -0.05) is 48.5 Å². The van der Waals surface area contributed by atoms with Crippen LogP contribution >= 0.6 is 0 Å². The van der Waals surface area contributed by atoms with Gasteiger partial charge in [0.05, 0.1) is 11.4 Å². The Morgan fingerprint density at radius 1 is 1.16 bits per heavy atom. The maximum atomic E-state index is 13.3. The number of fused-ring (bicyclic) bond motifs is 1. The molecule has 0 spiro atoms. The van der Waals surface area contributed by atoms with Gasteiger partial charge in [0.1, 0.15) is 13.2 Å². The average Bonchev–Trinajstić information content (AvgIpc) is 2.84. The van der Waals surface area contributed by atoms with Crippen LogP contribution in [0.15, 0.2) is 53.5 Å². The molecule has 2 aromatic rings. The van der Waals surface area contributed by atoms with Crippen LogP contribution in [0.25, 0.3) is 0 Å². The van der Waals surface area contributed by atoms with Crippen LogP contribution in [-0.4, -0.2) is 67.0 Å². The summed E-state index contributed by atoms with van der Waals surface area (Å²) in [6.07, 6.45) is -2.14. The van der Waals surface area contributed by atoms with Gasteiger partial charge in [-0.2, -0.15) is 0 Å². The summed E-state index contributed by atoms with van der Waals surface area (Å²) in [5.74, 6) is -1.82. The number of amides is 2. The number of benzene rings is 2. The van der Waals surface area contributed by atoms with Gasteiger partial charge in [-0.25, -0.2) is 4.79 Å². The van der Waals surface area contributed by atoms with Gasteiger partial charge in [0.2, 0.25) is 6.17 Å². The zero-order valence-corrected chi connectivity index (χ0v) is 18.2. The summed E-state index contributed by atoms with van der Waals surface area (Å²) in [5.41, 5.74) is 3.21. The predicted molar refractivity (Wildman–Crippen MR) is 120 cm³/mol. The molecule has 0 radical (unpaired) electrons. The number of ether oxygens (including phenoxy) is 1. The molecule has 9 nitrogen and oxygen atoms in total. The van der Waals surface area contributed by atoms with Crippen molar-refractivity contribution in [3.05, 3.63) is 65.2 Å². The zero-order chi connectivity index (χ0) is 23.3. The van der Waals surface area contributed by atoms with Crippen LogP contribution < -0.4 is 10.2 Å². The normalized spacial score (nSPS) is 15.6. The number of benzodiazepines with no additional fused rings is 1. The Bertz CT molecular complexity index is 1040. The Kier molecular flexibility index (Phi) is 7.21. The lowest BCUT2D eigenvalue weighted by atomic mass is 10.0. The van der Waals surface area contributed by atoms with E-state index in [1.54, 1.807) is 19.1 Å². The number of aliphatic carboxylic acids is 1. The molecule has 0 unspecified atom stereocenters. The van der Waals surface area contributed by atoms with E-state index in [-0.39, 0.29) is 6.61 Å². The van der Waals surface area contributed by atoms with E-state index in [1.807, 2.05) is 55.4 Å². The number of nitrogens with one attached hydrogen (secondary N) is 1. The molecule has 0 saturated carbocycles. The molecule has 2 amide bonds. The van der Waals surface area contributed by atoms with Crippen LogP contribution in [0.1, 0.15) is 16.7 Å². The summed E-state index contributed by atoms with van der Waals surface area (Å²) in [7, 11) is 3.71. The van der Waals surface area contributed by atoms with E-state index in [1.165, 1.54) is 0 Å². The molecule has 0 saturated heterocycles. The molecule has 0 aromatic heterocycles. The summed E-state index contributed by atoms with van der Waals surface area (Å²) in [6, 6.07) is 14.5. The number of carboxylic acids is 1. The summed E-state index contributed by atoms with van der Waals surface area (Å²) in [4.78, 5) is 44.8. The number of hydrogen-bond acceptors (Lipinski definition) is 6. The molecule has 32 heavy (non-hydrogen) atoms. The minimum Gasteiger partial charge on any atom is -0.480 e. The van der Waals surface area contributed by atoms with Gasteiger partial charge in [0.25, 0.3) is 5.91 Å². The highest BCUT2D eigenvalue weighted by Crippen LogP contribution is 2.29. The lowest BCUT2D eigenvalue weighted by Gasteiger charge is -2.25. The number of anilines is 1. The quantitative estimate of drug-likeness (QED) is 0.684. The molecule has 3 rings (SSSR count). The van der Waals surface area contributed by atoms with Crippen LogP contribution in [0.2, 0.25) is 0 Å². The van der Waals surface area contributed by atoms with E-state index >= 15 is 0 Å². The number of hydrogen-bond donors (Lipinski definition) is 2. The average molecular weight is 438 g/mol. The van der Waals surface area contributed by atoms with Crippen LogP contribution in [0.4, 0.5) is 10.5 Å². The standard InChI is InChI=1S/C23H26N4O5/c1-15-8-7-11-17-18(12-26(2)3)24-21(22(30)27(20(15)17)13-19(28)29)25-23(31)32-14-16-9-5-4-6-10-16/h4-11,21H,12-14H2,1-3H3,(H,25,31)(H,28,29)/t21-/m1/s1. The first-order valence-electron chi connectivity index (χ1n) is 10.1.